The number of halogens is 1. The SMILES string of the molecule is CCC(NC(=O)C1CC2CCCC(C1)C2N)C(=O)N1CCOCC1.Cl. The summed E-state index contributed by atoms with van der Waals surface area (Å²) in [5.41, 5.74) is 6.32. The first-order chi connectivity index (χ1) is 11.6. The molecule has 3 rings (SSSR count). The van der Waals surface area contributed by atoms with Gasteiger partial charge in [0.25, 0.3) is 0 Å². The molecule has 2 saturated carbocycles. The van der Waals surface area contributed by atoms with Gasteiger partial charge in [-0.15, -0.1) is 12.4 Å². The quantitative estimate of drug-likeness (QED) is 0.778. The van der Waals surface area contributed by atoms with Gasteiger partial charge < -0.3 is 20.7 Å². The molecule has 6 nitrogen and oxygen atoms in total. The zero-order chi connectivity index (χ0) is 17.1. The van der Waals surface area contributed by atoms with Crippen molar-refractivity contribution >= 4 is 24.2 Å². The van der Waals surface area contributed by atoms with Gasteiger partial charge >= 0.3 is 0 Å². The van der Waals surface area contributed by atoms with Gasteiger partial charge in [0.1, 0.15) is 6.04 Å². The van der Waals surface area contributed by atoms with E-state index in [1.165, 1.54) is 6.42 Å². The number of hydrogen-bond acceptors (Lipinski definition) is 4. The fourth-order valence-corrected chi connectivity index (χ4v) is 4.64. The Kier molecular flexibility index (Phi) is 7.52. The molecule has 144 valence electrons. The summed E-state index contributed by atoms with van der Waals surface area (Å²) in [4.78, 5) is 27.2. The van der Waals surface area contributed by atoms with Crippen LogP contribution in [0.15, 0.2) is 0 Å². The lowest BCUT2D eigenvalue weighted by atomic mass is 9.65. The number of rotatable bonds is 4. The minimum atomic E-state index is -0.411. The highest BCUT2D eigenvalue weighted by molar-refractivity contribution is 5.88. The molecule has 0 spiro atoms. The number of ether oxygens (including phenoxy) is 1. The van der Waals surface area contributed by atoms with E-state index in [-0.39, 0.29) is 36.2 Å². The Morgan fingerprint density at radius 2 is 1.80 bits per heavy atom. The monoisotopic (exact) mass is 373 g/mol. The first-order valence-corrected chi connectivity index (χ1v) is 9.52. The number of nitrogens with zero attached hydrogens (tertiary/aromatic N) is 1. The van der Waals surface area contributed by atoms with Gasteiger partial charge in [0, 0.05) is 25.0 Å². The van der Waals surface area contributed by atoms with Gasteiger partial charge in [-0.3, -0.25) is 9.59 Å². The maximum absolute atomic E-state index is 12.7. The van der Waals surface area contributed by atoms with Crippen LogP contribution in [0, 0.1) is 17.8 Å². The molecule has 0 aromatic carbocycles. The van der Waals surface area contributed by atoms with Crippen molar-refractivity contribution in [2.45, 2.75) is 57.5 Å². The summed E-state index contributed by atoms with van der Waals surface area (Å²) in [7, 11) is 0. The van der Waals surface area contributed by atoms with Crippen LogP contribution in [-0.4, -0.2) is 55.1 Å². The van der Waals surface area contributed by atoms with Gasteiger partial charge in [-0.1, -0.05) is 13.3 Å². The van der Waals surface area contributed by atoms with Gasteiger partial charge in [-0.2, -0.15) is 0 Å². The first-order valence-electron chi connectivity index (χ1n) is 9.52. The third-order valence-electron chi connectivity index (χ3n) is 6.13. The second kappa shape index (κ2) is 9.19. The van der Waals surface area contributed by atoms with Gasteiger partial charge in [0.05, 0.1) is 13.2 Å². The highest BCUT2D eigenvalue weighted by Gasteiger charge is 2.41. The number of amides is 2. The van der Waals surface area contributed by atoms with E-state index in [0.29, 0.717) is 44.6 Å². The van der Waals surface area contributed by atoms with Crippen LogP contribution in [0.1, 0.15) is 45.4 Å². The Morgan fingerprint density at radius 1 is 1.20 bits per heavy atom. The fourth-order valence-electron chi connectivity index (χ4n) is 4.64. The predicted molar refractivity (Wildman–Crippen MR) is 98.4 cm³/mol. The third kappa shape index (κ3) is 4.66. The average molecular weight is 374 g/mol. The molecule has 2 aliphatic carbocycles. The van der Waals surface area contributed by atoms with Crippen LogP contribution in [0.3, 0.4) is 0 Å². The Labute approximate surface area is 156 Å². The molecular weight excluding hydrogens is 342 g/mol. The van der Waals surface area contributed by atoms with Crippen LogP contribution in [0.25, 0.3) is 0 Å². The van der Waals surface area contributed by atoms with E-state index in [9.17, 15) is 9.59 Å². The van der Waals surface area contributed by atoms with Crippen molar-refractivity contribution in [1.82, 2.24) is 10.2 Å². The van der Waals surface area contributed by atoms with Crippen molar-refractivity contribution < 1.29 is 14.3 Å². The first kappa shape index (κ1) is 20.5. The molecule has 7 heteroatoms. The van der Waals surface area contributed by atoms with Crippen LogP contribution in [0.2, 0.25) is 0 Å². The van der Waals surface area contributed by atoms with Crippen molar-refractivity contribution in [2.75, 3.05) is 26.3 Å². The summed E-state index contributed by atoms with van der Waals surface area (Å²) >= 11 is 0. The lowest BCUT2D eigenvalue weighted by Gasteiger charge is -2.43. The molecule has 3 fully saturated rings. The standard InChI is InChI=1S/C18H31N3O3.ClH/c1-2-15(18(23)21-6-8-24-9-7-21)20-17(22)14-10-12-4-3-5-13(11-14)16(12)19;/h12-16H,2-11,19H2,1H3,(H,20,22);1H. The van der Waals surface area contributed by atoms with Gasteiger partial charge in [0.15, 0.2) is 0 Å². The number of carbonyl (C=O) groups is 2. The Bertz CT molecular complexity index is 456. The molecule has 2 bridgehead atoms. The lowest BCUT2D eigenvalue weighted by molar-refractivity contribution is -0.141. The molecule has 25 heavy (non-hydrogen) atoms. The van der Waals surface area contributed by atoms with Crippen LogP contribution in [0.4, 0.5) is 0 Å². The minimum absolute atomic E-state index is 0. The summed E-state index contributed by atoms with van der Waals surface area (Å²) in [6, 6.07) is -0.147. The second-order valence-electron chi connectivity index (χ2n) is 7.60. The van der Waals surface area contributed by atoms with Crippen molar-refractivity contribution in [3.05, 3.63) is 0 Å². The summed E-state index contributed by atoms with van der Waals surface area (Å²) < 4.78 is 5.30. The molecule has 3 unspecified atom stereocenters. The maximum atomic E-state index is 12.7. The van der Waals surface area contributed by atoms with Crippen LogP contribution in [0.5, 0.6) is 0 Å². The zero-order valence-electron chi connectivity index (χ0n) is 15.1. The van der Waals surface area contributed by atoms with Crippen molar-refractivity contribution in [3.63, 3.8) is 0 Å². The number of hydrogen-bond donors (Lipinski definition) is 2. The minimum Gasteiger partial charge on any atom is -0.378 e. The van der Waals surface area contributed by atoms with Crippen molar-refractivity contribution in [2.24, 2.45) is 23.5 Å². The van der Waals surface area contributed by atoms with E-state index in [0.717, 1.165) is 25.7 Å². The van der Waals surface area contributed by atoms with E-state index in [1.54, 1.807) is 0 Å². The topological polar surface area (TPSA) is 84.7 Å². The van der Waals surface area contributed by atoms with E-state index in [4.69, 9.17) is 10.5 Å². The number of morpholine rings is 1. The molecule has 0 radical (unpaired) electrons. The zero-order valence-corrected chi connectivity index (χ0v) is 15.9. The largest absolute Gasteiger partial charge is 0.378 e. The molecule has 2 amide bonds. The normalized spacial score (nSPS) is 33.1. The number of nitrogens with two attached hydrogens (primary N) is 1. The molecule has 3 atom stereocenters. The summed E-state index contributed by atoms with van der Waals surface area (Å²) in [5, 5.41) is 3.03. The number of carbonyl (C=O) groups excluding carboxylic acids is 2. The van der Waals surface area contributed by atoms with E-state index >= 15 is 0 Å². The lowest BCUT2D eigenvalue weighted by Crippen LogP contribution is -2.54. The molecule has 1 saturated heterocycles. The maximum Gasteiger partial charge on any atom is 0.245 e. The molecule has 1 aliphatic heterocycles. The van der Waals surface area contributed by atoms with Crippen molar-refractivity contribution in [1.29, 1.82) is 0 Å². The number of fused-ring (bicyclic) bond motifs is 2. The van der Waals surface area contributed by atoms with E-state index < -0.39 is 6.04 Å². The molecule has 3 aliphatic rings. The molecule has 0 aromatic rings. The van der Waals surface area contributed by atoms with E-state index in [2.05, 4.69) is 5.32 Å². The highest BCUT2D eigenvalue weighted by Crippen LogP contribution is 2.41. The Balaban J connectivity index is 0.00000225. The second-order valence-corrected chi connectivity index (χ2v) is 7.60. The van der Waals surface area contributed by atoms with Crippen LogP contribution >= 0.6 is 12.4 Å². The average Bonchev–Trinajstić information content (AvgIpc) is 2.59. The Hall–Kier alpha value is -0.850. The fraction of sp³-hybridized carbons (Fsp3) is 0.889. The predicted octanol–water partition coefficient (Wildman–Crippen LogP) is 1.32. The third-order valence-corrected chi connectivity index (χ3v) is 6.13. The molecular formula is C18H32ClN3O3. The summed E-state index contributed by atoms with van der Waals surface area (Å²) in [6.07, 6.45) is 5.92. The van der Waals surface area contributed by atoms with E-state index in [1.807, 2.05) is 11.8 Å². The van der Waals surface area contributed by atoms with Gasteiger partial charge in [-0.25, -0.2) is 0 Å². The molecule has 0 aromatic heterocycles. The van der Waals surface area contributed by atoms with Gasteiger partial charge in [-0.05, 0) is 43.9 Å². The summed E-state index contributed by atoms with van der Waals surface area (Å²) in [6.45, 7) is 4.36. The smallest absolute Gasteiger partial charge is 0.245 e. The van der Waals surface area contributed by atoms with Crippen LogP contribution < -0.4 is 11.1 Å². The molecule has 3 N–H and O–H groups in total. The summed E-state index contributed by atoms with van der Waals surface area (Å²) in [5.74, 6) is 1.05. The van der Waals surface area contributed by atoms with Crippen molar-refractivity contribution in [3.8, 4) is 0 Å². The number of nitrogens with one attached hydrogen (secondary N) is 1. The highest BCUT2D eigenvalue weighted by atomic mass is 35.5. The van der Waals surface area contributed by atoms with Gasteiger partial charge in [0.2, 0.25) is 11.8 Å². The molecule has 1 heterocycles. The van der Waals surface area contributed by atoms with Crippen LogP contribution in [-0.2, 0) is 14.3 Å². The Morgan fingerprint density at radius 3 is 2.36 bits per heavy atom.